The zero-order valence-corrected chi connectivity index (χ0v) is 15.8. The third-order valence-corrected chi connectivity index (χ3v) is 6.68. The minimum absolute atomic E-state index is 0.522. The van der Waals surface area contributed by atoms with E-state index in [1.54, 1.807) is 0 Å². The molecule has 2 fully saturated rings. The molecule has 3 heteroatoms. The van der Waals surface area contributed by atoms with Gasteiger partial charge in [0.2, 0.25) is 0 Å². The maximum atomic E-state index is 3.73. The summed E-state index contributed by atoms with van der Waals surface area (Å²) in [7, 11) is 0. The molecule has 2 bridgehead atoms. The van der Waals surface area contributed by atoms with Crippen LogP contribution in [0.25, 0.3) is 0 Å². The molecule has 2 aliphatic carbocycles. The lowest BCUT2D eigenvalue weighted by atomic mass is 9.83. The molecule has 0 spiro atoms. The van der Waals surface area contributed by atoms with Crippen molar-refractivity contribution in [2.45, 2.75) is 45.1 Å². The predicted molar refractivity (Wildman–Crippen MR) is 96.8 cm³/mol. The average Bonchev–Trinajstić information content (AvgIpc) is 3.03. The molecule has 3 rings (SSSR count). The fourth-order valence-corrected chi connectivity index (χ4v) is 5.41. The summed E-state index contributed by atoms with van der Waals surface area (Å²) in [5, 5.41) is 3.73. The lowest BCUT2D eigenvalue weighted by molar-refractivity contribution is 0.280. The number of rotatable bonds is 5. The van der Waals surface area contributed by atoms with Gasteiger partial charge in [0.1, 0.15) is 0 Å². The Morgan fingerprint density at radius 1 is 1.35 bits per heavy atom. The molecular formula is C17H23BrIN. The first-order valence-corrected chi connectivity index (χ1v) is 9.73. The van der Waals surface area contributed by atoms with Crippen molar-refractivity contribution in [3.8, 4) is 0 Å². The van der Waals surface area contributed by atoms with Gasteiger partial charge >= 0.3 is 0 Å². The highest BCUT2D eigenvalue weighted by Crippen LogP contribution is 2.51. The lowest BCUT2D eigenvalue weighted by Crippen LogP contribution is -2.26. The molecule has 20 heavy (non-hydrogen) atoms. The van der Waals surface area contributed by atoms with Crippen molar-refractivity contribution in [3.63, 3.8) is 0 Å². The number of nitrogens with one attached hydrogen (secondary N) is 1. The van der Waals surface area contributed by atoms with Crippen molar-refractivity contribution in [3.05, 3.63) is 31.8 Å². The molecule has 110 valence electrons. The van der Waals surface area contributed by atoms with Crippen molar-refractivity contribution < 1.29 is 0 Å². The fourth-order valence-electron chi connectivity index (χ4n) is 4.32. The van der Waals surface area contributed by atoms with E-state index in [-0.39, 0.29) is 0 Å². The minimum Gasteiger partial charge on any atom is -0.310 e. The highest BCUT2D eigenvalue weighted by Gasteiger charge is 2.40. The first-order chi connectivity index (χ1) is 9.67. The second-order valence-corrected chi connectivity index (χ2v) is 8.52. The average molecular weight is 448 g/mol. The van der Waals surface area contributed by atoms with Crippen LogP contribution in [0.3, 0.4) is 0 Å². The van der Waals surface area contributed by atoms with Gasteiger partial charge in [0.25, 0.3) is 0 Å². The van der Waals surface area contributed by atoms with E-state index in [9.17, 15) is 0 Å². The van der Waals surface area contributed by atoms with Gasteiger partial charge in [-0.2, -0.15) is 0 Å². The number of hydrogen-bond donors (Lipinski definition) is 1. The van der Waals surface area contributed by atoms with E-state index in [4.69, 9.17) is 0 Å². The summed E-state index contributed by atoms with van der Waals surface area (Å²) in [5.74, 6) is 3.02. The van der Waals surface area contributed by atoms with E-state index in [0.29, 0.717) is 6.04 Å². The van der Waals surface area contributed by atoms with Crippen LogP contribution in [0, 0.1) is 21.3 Å². The zero-order chi connectivity index (χ0) is 14.1. The molecule has 0 aromatic heterocycles. The van der Waals surface area contributed by atoms with Crippen LogP contribution in [0.4, 0.5) is 0 Å². The number of fused-ring (bicyclic) bond motifs is 2. The molecule has 0 aliphatic heterocycles. The van der Waals surface area contributed by atoms with E-state index in [0.717, 1.165) is 24.3 Å². The molecule has 4 unspecified atom stereocenters. The highest BCUT2D eigenvalue weighted by molar-refractivity contribution is 14.1. The van der Waals surface area contributed by atoms with Crippen LogP contribution in [0.15, 0.2) is 22.7 Å². The Labute approximate surface area is 144 Å². The SMILES string of the molecule is CCNC(CC1CC2CCC1C2)c1cc(Br)ccc1I. The van der Waals surface area contributed by atoms with E-state index in [1.807, 2.05) is 0 Å². The van der Waals surface area contributed by atoms with Gasteiger partial charge < -0.3 is 5.32 Å². The predicted octanol–water partition coefficient (Wildman–Crippen LogP) is 5.53. The summed E-state index contributed by atoms with van der Waals surface area (Å²) >= 11 is 6.11. The first kappa shape index (κ1) is 15.3. The monoisotopic (exact) mass is 447 g/mol. The Balaban J connectivity index is 1.76. The molecule has 0 radical (unpaired) electrons. The van der Waals surface area contributed by atoms with Gasteiger partial charge in [-0.25, -0.2) is 0 Å². The summed E-state index contributed by atoms with van der Waals surface area (Å²) in [6.45, 7) is 3.27. The smallest absolute Gasteiger partial charge is 0.0333 e. The van der Waals surface area contributed by atoms with Crippen molar-refractivity contribution in [2.24, 2.45) is 17.8 Å². The molecule has 1 aromatic rings. The zero-order valence-electron chi connectivity index (χ0n) is 12.0. The second kappa shape index (κ2) is 6.66. The minimum atomic E-state index is 0.522. The topological polar surface area (TPSA) is 12.0 Å². The molecular weight excluding hydrogens is 425 g/mol. The molecule has 1 aromatic carbocycles. The quantitative estimate of drug-likeness (QED) is 0.585. The highest BCUT2D eigenvalue weighted by atomic mass is 127. The van der Waals surface area contributed by atoms with Crippen molar-refractivity contribution in [1.29, 1.82) is 0 Å². The van der Waals surface area contributed by atoms with Crippen LogP contribution in [0.1, 0.15) is 50.6 Å². The Morgan fingerprint density at radius 2 is 2.20 bits per heavy atom. The molecule has 2 aliphatic rings. The summed E-state index contributed by atoms with van der Waals surface area (Å²) in [5.41, 5.74) is 1.48. The van der Waals surface area contributed by atoms with Gasteiger partial charge in [-0.1, -0.05) is 29.3 Å². The van der Waals surface area contributed by atoms with Gasteiger partial charge in [0.05, 0.1) is 0 Å². The molecule has 0 heterocycles. The normalized spacial score (nSPS) is 29.9. The summed E-state index contributed by atoms with van der Waals surface area (Å²) in [6.07, 6.45) is 7.31. The maximum absolute atomic E-state index is 3.73. The Morgan fingerprint density at radius 3 is 2.85 bits per heavy atom. The molecule has 4 atom stereocenters. The Kier molecular flexibility index (Phi) is 5.09. The number of halogens is 2. The maximum Gasteiger partial charge on any atom is 0.0333 e. The van der Waals surface area contributed by atoms with Crippen LogP contribution >= 0.6 is 38.5 Å². The van der Waals surface area contributed by atoms with Crippen LogP contribution in [-0.2, 0) is 0 Å². The molecule has 0 saturated heterocycles. The van der Waals surface area contributed by atoms with Gasteiger partial charge in [-0.15, -0.1) is 0 Å². The van der Waals surface area contributed by atoms with E-state index < -0.39 is 0 Å². The number of hydrogen-bond acceptors (Lipinski definition) is 1. The Bertz CT molecular complexity index is 476. The van der Waals surface area contributed by atoms with Crippen LogP contribution in [0.2, 0.25) is 0 Å². The molecule has 1 N–H and O–H groups in total. The van der Waals surface area contributed by atoms with Crippen molar-refractivity contribution >= 4 is 38.5 Å². The van der Waals surface area contributed by atoms with Gasteiger partial charge in [-0.3, -0.25) is 0 Å². The van der Waals surface area contributed by atoms with Crippen molar-refractivity contribution in [2.75, 3.05) is 6.54 Å². The standard InChI is InChI=1S/C17H23BrIN/c1-2-20-17(15-10-14(18)5-6-16(15)19)9-13-8-11-3-4-12(13)7-11/h5-6,10-13,17,20H,2-4,7-9H2,1H3. The number of benzene rings is 1. The second-order valence-electron chi connectivity index (χ2n) is 6.45. The lowest BCUT2D eigenvalue weighted by Gasteiger charge is -2.28. The third-order valence-electron chi connectivity index (χ3n) is 5.21. The van der Waals surface area contributed by atoms with Gasteiger partial charge in [-0.05, 0) is 96.3 Å². The summed E-state index contributed by atoms with van der Waals surface area (Å²) in [4.78, 5) is 0. The first-order valence-electron chi connectivity index (χ1n) is 7.85. The van der Waals surface area contributed by atoms with E-state index in [1.165, 1.54) is 45.7 Å². The van der Waals surface area contributed by atoms with Crippen LogP contribution in [-0.4, -0.2) is 6.54 Å². The van der Waals surface area contributed by atoms with Crippen LogP contribution in [0.5, 0.6) is 0 Å². The van der Waals surface area contributed by atoms with Crippen molar-refractivity contribution in [1.82, 2.24) is 5.32 Å². The van der Waals surface area contributed by atoms with E-state index >= 15 is 0 Å². The summed E-state index contributed by atoms with van der Waals surface area (Å²) < 4.78 is 2.59. The van der Waals surface area contributed by atoms with Gasteiger partial charge in [0.15, 0.2) is 0 Å². The molecule has 1 nitrogen and oxygen atoms in total. The molecule has 2 saturated carbocycles. The fraction of sp³-hybridized carbons (Fsp3) is 0.647. The van der Waals surface area contributed by atoms with Crippen LogP contribution < -0.4 is 5.32 Å². The largest absolute Gasteiger partial charge is 0.310 e. The third kappa shape index (κ3) is 3.25. The van der Waals surface area contributed by atoms with E-state index in [2.05, 4.69) is 69.0 Å². The molecule has 0 amide bonds. The van der Waals surface area contributed by atoms with Gasteiger partial charge in [0, 0.05) is 14.1 Å². The summed E-state index contributed by atoms with van der Waals surface area (Å²) in [6, 6.07) is 7.20. The Hall–Kier alpha value is 0.390.